The Kier molecular flexibility index (Phi) is 9.16. The Morgan fingerprint density at radius 3 is 2.65 bits per heavy atom. The van der Waals surface area contributed by atoms with Crippen LogP contribution in [-0.2, 0) is 4.74 Å². The molecular formula is C13H28N2OS. The molecule has 0 aromatic rings. The van der Waals surface area contributed by atoms with E-state index in [1.165, 1.54) is 37.6 Å². The molecule has 1 fully saturated rings. The van der Waals surface area contributed by atoms with Gasteiger partial charge < -0.3 is 15.0 Å². The molecule has 0 unspecified atom stereocenters. The van der Waals surface area contributed by atoms with E-state index in [0.29, 0.717) is 0 Å². The van der Waals surface area contributed by atoms with Crippen molar-refractivity contribution in [3.63, 3.8) is 0 Å². The predicted octanol–water partition coefficient (Wildman–Crippen LogP) is 1.69. The second-order valence-electron chi connectivity index (χ2n) is 5.00. The average molecular weight is 260 g/mol. The monoisotopic (exact) mass is 260 g/mol. The molecule has 17 heavy (non-hydrogen) atoms. The van der Waals surface area contributed by atoms with Crippen molar-refractivity contribution in [2.75, 3.05) is 57.4 Å². The maximum Gasteiger partial charge on any atom is 0.0590 e. The smallest absolute Gasteiger partial charge is 0.0590 e. The number of nitrogens with one attached hydrogen (secondary N) is 1. The lowest BCUT2D eigenvalue weighted by atomic mass is 10.1. The van der Waals surface area contributed by atoms with E-state index in [1.807, 2.05) is 0 Å². The molecule has 0 saturated carbocycles. The van der Waals surface area contributed by atoms with Crippen molar-refractivity contribution in [2.45, 2.75) is 20.3 Å². The van der Waals surface area contributed by atoms with Gasteiger partial charge in [0.05, 0.1) is 6.61 Å². The summed E-state index contributed by atoms with van der Waals surface area (Å²) in [5, 5.41) is 3.45. The highest BCUT2D eigenvalue weighted by Gasteiger charge is 2.08. The SMILES string of the molecule is CC(C)CCOCCNCCN1CCSCC1. The molecule has 0 bridgehead atoms. The van der Waals surface area contributed by atoms with E-state index < -0.39 is 0 Å². The van der Waals surface area contributed by atoms with Gasteiger partial charge in [0.15, 0.2) is 0 Å². The van der Waals surface area contributed by atoms with Gasteiger partial charge in [-0.15, -0.1) is 0 Å². The lowest BCUT2D eigenvalue weighted by Gasteiger charge is -2.26. The summed E-state index contributed by atoms with van der Waals surface area (Å²) in [6, 6.07) is 0. The van der Waals surface area contributed by atoms with Crippen LogP contribution in [0.4, 0.5) is 0 Å². The zero-order chi connectivity index (χ0) is 12.3. The molecular weight excluding hydrogens is 232 g/mol. The van der Waals surface area contributed by atoms with Crippen LogP contribution in [0.25, 0.3) is 0 Å². The summed E-state index contributed by atoms with van der Waals surface area (Å²) in [7, 11) is 0. The molecule has 102 valence electrons. The van der Waals surface area contributed by atoms with Gasteiger partial charge >= 0.3 is 0 Å². The van der Waals surface area contributed by atoms with E-state index in [4.69, 9.17) is 4.74 Å². The number of thioether (sulfide) groups is 1. The summed E-state index contributed by atoms with van der Waals surface area (Å²) < 4.78 is 5.56. The molecule has 0 spiro atoms. The van der Waals surface area contributed by atoms with E-state index in [1.54, 1.807) is 0 Å². The van der Waals surface area contributed by atoms with E-state index in [-0.39, 0.29) is 0 Å². The van der Waals surface area contributed by atoms with Gasteiger partial charge in [-0.05, 0) is 12.3 Å². The molecule has 0 amide bonds. The minimum atomic E-state index is 0.750. The molecule has 1 heterocycles. The van der Waals surface area contributed by atoms with Gasteiger partial charge in [-0.2, -0.15) is 11.8 Å². The quantitative estimate of drug-likeness (QED) is 0.638. The molecule has 0 aliphatic carbocycles. The van der Waals surface area contributed by atoms with Crippen molar-refractivity contribution >= 4 is 11.8 Å². The van der Waals surface area contributed by atoms with Crippen molar-refractivity contribution < 1.29 is 4.74 Å². The molecule has 0 aromatic heterocycles. The molecule has 0 atom stereocenters. The minimum absolute atomic E-state index is 0.750. The van der Waals surface area contributed by atoms with Crippen LogP contribution in [0, 0.1) is 5.92 Å². The highest BCUT2D eigenvalue weighted by Crippen LogP contribution is 2.07. The Labute approximate surface area is 111 Å². The number of hydrogen-bond acceptors (Lipinski definition) is 4. The lowest BCUT2D eigenvalue weighted by molar-refractivity contribution is 0.125. The first-order valence-corrected chi connectivity index (χ1v) is 8.03. The number of ether oxygens (including phenoxy) is 1. The Hall–Kier alpha value is 0.230. The van der Waals surface area contributed by atoms with Gasteiger partial charge in [0.1, 0.15) is 0 Å². The summed E-state index contributed by atoms with van der Waals surface area (Å²) in [5.74, 6) is 3.36. The van der Waals surface area contributed by atoms with E-state index in [0.717, 1.165) is 32.2 Å². The highest BCUT2D eigenvalue weighted by molar-refractivity contribution is 7.99. The van der Waals surface area contributed by atoms with Gasteiger partial charge in [0.25, 0.3) is 0 Å². The molecule has 3 nitrogen and oxygen atoms in total. The van der Waals surface area contributed by atoms with Crippen LogP contribution in [0.3, 0.4) is 0 Å². The fourth-order valence-electron chi connectivity index (χ4n) is 1.75. The third-order valence-electron chi connectivity index (χ3n) is 2.97. The third kappa shape index (κ3) is 8.89. The first-order chi connectivity index (χ1) is 8.29. The number of rotatable bonds is 9. The van der Waals surface area contributed by atoms with Crippen LogP contribution in [0.2, 0.25) is 0 Å². The van der Waals surface area contributed by atoms with Crippen LogP contribution < -0.4 is 5.32 Å². The number of hydrogen-bond donors (Lipinski definition) is 1. The largest absolute Gasteiger partial charge is 0.380 e. The first-order valence-electron chi connectivity index (χ1n) is 6.87. The molecule has 1 aliphatic rings. The normalized spacial score (nSPS) is 17.8. The Balaban J connectivity index is 1.78. The van der Waals surface area contributed by atoms with Crippen molar-refractivity contribution in [2.24, 2.45) is 5.92 Å². The van der Waals surface area contributed by atoms with E-state index >= 15 is 0 Å². The maximum absolute atomic E-state index is 5.56. The molecule has 0 aromatic carbocycles. The van der Waals surface area contributed by atoms with Crippen LogP contribution >= 0.6 is 11.8 Å². The summed E-state index contributed by atoms with van der Waals surface area (Å²) in [5.41, 5.74) is 0. The zero-order valence-corrected chi connectivity index (χ0v) is 12.2. The van der Waals surface area contributed by atoms with Gasteiger partial charge in [-0.1, -0.05) is 13.8 Å². The molecule has 1 aliphatic heterocycles. The molecule has 1 N–H and O–H groups in total. The highest BCUT2D eigenvalue weighted by atomic mass is 32.2. The van der Waals surface area contributed by atoms with Crippen molar-refractivity contribution in [1.82, 2.24) is 10.2 Å². The predicted molar refractivity (Wildman–Crippen MR) is 76.9 cm³/mol. The summed E-state index contributed by atoms with van der Waals surface area (Å²) in [6.45, 7) is 12.0. The van der Waals surface area contributed by atoms with E-state index in [2.05, 4.69) is 35.8 Å². The van der Waals surface area contributed by atoms with Gasteiger partial charge in [-0.25, -0.2) is 0 Å². The Bertz CT molecular complexity index is 173. The van der Waals surface area contributed by atoms with Crippen molar-refractivity contribution in [1.29, 1.82) is 0 Å². The van der Waals surface area contributed by atoms with Crippen molar-refractivity contribution in [3.8, 4) is 0 Å². The Morgan fingerprint density at radius 2 is 1.94 bits per heavy atom. The summed E-state index contributed by atoms with van der Waals surface area (Å²) >= 11 is 2.07. The van der Waals surface area contributed by atoms with Gasteiger partial charge in [0, 0.05) is 50.8 Å². The maximum atomic E-state index is 5.56. The van der Waals surface area contributed by atoms with Crippen LogP contribution in [0.1, 0.15) is 20.3 Å². The molecule has 0 radical (unpaired) electrons. The first kappa shape index (κ1) is 15.3. The molecule has 1 saturated heterocycles. The zero-order valence-electron chi connectivity index (χ0n) is 11.4. The fraction of sp³-hybridized carbons (Fsp3) is 1.00. The number of nitrogens with zero attached hydrogens (tertiary/aromatic N) is 1. The van der Waals surface area contributed by atoms with Crippen LogP contribution in [-0.4, -0.2) is 62.3 Å². The topological polar surface area (TPSA) is 24.5 Å². The average Bonchev–Trinajstić information content (AvgIpc) is 2.33. The fourth-order valence-corrected chi connectivity index (χ4v) is 2.73. The molecule has 4 heteroatoms. The van der Waals surface area contributed by atoms with Crippen molar-refractivity contribution in [3.05, 3.63) is 0 Å². The summed E-state index contributed by atoms with van der Waals surface area (Å²) in [6.07, 6.45) is 1.17. The standard InChI is InChI=1S/C13H28N2OS/c1-13(2)3-9-16-10-5-14-4-6-15-7-11-17-12-8-15/h13-14H,3-12H2,1-2H3. The third-order valence-corrected chi connectivity index (χ3v) is 3.91. The van der Waals surface area contributed by atoms with Gasteiger partial charge in [-0.3, -0.25) is 0 Å². The van der Waals surface area contributed by atoms with Gasteiger partial charge in [0.2, 0.25) is 0 Å². The van der Waals surface area contributed by atoms with E-state index in [9.17, 15) is 0 Å². The second kappa shape index (κ2) is 10.2. The van der Waals surface area contributed by atoms with Crippen LogP contribution in [0.5, 0.6) is 0 Å². The minimum Gasteiger partial charge on any atom is -0.380 e. The van der Waals surface area contributed by atoms with Crippen LogP contribution in [0.15, 0.2) is 0 Å². The molecule has 1 rings (SSSR count). The Morgan fingerprint density at radius 1 is 1.18 bits per heavy atom. The summed E-state index contributed by atoms with van der Waals surface area (Å²) in [4.78, 5) is 2.54. The second-order valence-corrected chi connectivity index (χ2v) is 6.22. The lowest BCUT2D eigenvalue weighted by Crippen LogP contribution is -2.38.